The van der Waals surface area contributed by atoms with Crippen molar-refractivity contribution in [3.63, 3.8) is 0 Å². The minimum Gasteiger partial charge on any atom is -0.481 e. The van der Waals surface area contributed by atoms with E-state index in [1.54, 1.807) is 12.1 Å². The number of pyridine rings is 1. The number of hydrogen-bond donors (Lipinski definition) is 1. The predicted octanol–water partition coefficient (Wildman–Crippen LogP) is 0.326. The van der Waals surface area contributed by atoms with Crippen LogP contribution in [0.4, 0.5) is 0 Å². The van der Waals surface area contributed by atoms with Crippen molar-refractivity contribution in [2.45, 2.75) is 6.42 Å². The van der Waals surface area contributed by atoms with E-state index >= 15 is 0 Å². The van der Waals surface area contributed by atoms with Crippen molar-refractivity contribution in [3.8, 4) is 23.6 Å². The first kappa shape index (κ1) is 11.9. The second-order valence-electron chi connectivity index (χ2n) is 2.86. The third-order valence-electron chi connectivity index (χ3n) is 1.72. The molecule has 0 radical (unpaired) electrons. The van der Waals surface area contributed by atoms with Crippen molar-refractivity contribution in [2.24, 2.45) is 5.73 Å². The number of primary amides is 1. The zero-order chi connectivity index (χ0) is 12.0. The summed E-state index contributed by atoms with van der Waals surface area (Å²) in [6.07, 6.45) is 0.00911. The molecule has 0 fully saturated rings. The number of rotatable bonds is 3. The van der Waals surface area contributed by atoms with Gasteiger partial charge in [-0.3, -0.25) is 4.79 Å². The van der Waals surface area contributed by atoms with Crippen molar-refractivity contribution in [1.82, 2.24) is 4.98 Å². The molecule has 2 N–H and O–H groups in total. The van der Waals surface area contributed by atoms with Crippen molar-refractivity contribution in [1.29, 1.82) is 0 Å². The fourth-order valence-corrected chi connectivity index (χ4v) is 1.01. The molecule has 0 saturated heterocycles. The number of ether oxygens (including phenoxy) is 2. The number of carbonyl (C=O) groups excluding carboxylic acids is 1. The maximum absolute atomic E-state index is 10.5. The van der Waals surface area contributed by atoms with E-state index < -0.39 is 5.91 Å². The number of nitrogens with two attached hydrogens (primary N) is 1. The molecule has 0 saturated carbocycles. The molecule has 0 aliphatic carbocycles. The molecule has 5 heteroatoms. The first-order valence-corrected chi connectivity index (χ1v) is 4.53. The summed E-state index contributed by atoms with van der Waals surface area (Å²) in [5, 5.41) is 0. The Morgan fingerprint density at radius 1 is 1.44 bits per heavy atom. The van der Waals surface area contributed by atoms with Gasteiger partial charge in [0.15, 0.2) is 0 Å². The molecule has 0 unspecified atom stereocenters. The van der Waals surface area contributed by atoms with Gasteiger partial charge in [-0.2, -0.15) is 4.98 Å². The smallest absolute Gasteiger partial charge is 0.232 e. The Kier molecular flexibility index (Phi) is 4.16. The Hall–Kier alpha value is -2.22. The molecule has 84 valence electrons. The lowest BCUT2D eigenvalue weighted by Gasteiger charge is -2.04. The van der Waals surface area contributed by atoms with Crippen LogP contribution in [-0.2, 0) is 4.79 Å². The van der Waals surface area contributed by atoms with E-state index in [0.717, 1.165) is 0 Å². The van der Waals surface area contributed by atoms with E-state index in [4.69, 9.17) is 15.2 Å². The summed E-state index contributed by atoms with van der Waals surface area (Å²) in [6.45, 7) is 0. The van der Waals surface area contributed by atoms with Gasteiger partial charge in [-0.25, -0.2) is 0 Å². The van der Waals surface area contributed by atoms with Gasteiger partial charge in [0.2, 0.25) is 17.7 Å². The fourth-order valence-electron chi connectivity index (χ4n) is 1.01. The minimum atomic E-state index is -0.465. The van der Waals surface area contributed by atoms with Gasteiger partial charge in [0.05, 0.1) is 26.2 Å². The fraction of sp³-hybridized carbons (Fsp3) is 0.273. The van der Waals surface area contributed by atoms with Gasteiger partial charge in [-0.05, 0) is 6.07 Å². The van der Waals surface area contributed by atoms with Crippen LogP contribution in [0.1, 0.15) is 12.0 Å². The van der Waals surface area contributed by atoms with E-state index in [-0.39, 0.29) is 6.42 Å². The van der Waals surface area contributed by atoms with Gasteiger partial charge in [-0.15, -0.1) is 0 Å². The highest BCUT2D eigenvalue weighted by Gasteiger charge is 2.03. The topological polar surface area (TPSA) is 74.4 Å². The van der Waals surface area contributed by atoms with Crippen LogP contribution in [0.2, 0.25) is 0 Å². The molecule has 0 aromatic carbocycles. The summed E-state index contributed by atoms with van der Waals surface area (Å²) in [5.41, 5.74) is 5.55. The summed E-state index contributed by atoms with van der Waals surface area (Å²) >= 11 is 0. The van der Waals surface area contributed by atoms with Gasteiger partial charge in [0, 0.05) is 6.07 Å². The lowest BCUT2D eigenvalue weighted by molar-refractivity contribution is -0.117. The van der Waals surface area contributed by atoms with Crippen molar-refractivity contribution >= 4 is 5.91 Å². The van der Waals surface area contributed by atoms with Gasteiger partial charge < -0.3 is 15.2 Å². The number of amides is 1. The largest absolute Gasteiger partial charge is 0.481 e. The lowest BCUT2D eigenvalue weighted by atomic mass is 10.2. The van der Waals surface area contributed by atoms with E-state index in [1.165, 1.54) is 14.2 Å². The standard InChI is InChI=1S/C11H12N2O3/c1-15-10-7-6-8(11(13-10)16-2)4-3-5-9(12)14/h6-7H,5H2,1-2H3,(H2,12,14). The van der Waals surface area contributed by atoms with Crippen molar-refractivity contribution in [2.75, 3.05) is 14.2 Å². The van der Waals surface area contributed by atoms with Crippen LogP contribution in [-0.4, -0.2) is 25.1 Å². The molecule has 1 aromatic heterocycles. The van der Waals surface area contributed by atoms with Gasteiger partial charge in [-0.1, -0.05) is 11.8 Å². The molecule has 0 aliphatic rings. The molecule has 1 heterocycles. The maximum Gasteiger partial charge on any atom is 0.232 e. The summed E-state index contributed by atoms with van der Waals surface area (Å²) in [4.78, 5) is 14.5. The Morgan fingerprint density at radius 2 is 2.19 bits per heavy atom. The van der Waals surface area contributed by atoms with Crippen LogP contribution >= 0.6 is 0 Å². The van der Waals surface area contributed by atoms with Crippen LogP contribution in [0.3, 0.4) is 0 Å². The number of aromatic nitrogens is 1. The zero-order valence-electron chi connectivity index (χ0n) is 9.11. The van der Waals surface area contributed by atoms with Crippen LogP contribution in [0, 0.1) is 11.8 Å². The van der Waals surface area contributed by atoms with E-state index in [0.29, 0.717) is 17.3 Å². The van der Waals surface area contributed by atoms with E-state index in [9.17, 15) is 4.79 Å². The molecule has 0 bridgehead atoms. The Morgan fingerprint density at radius 3 is 2.75 bits per heavy atom. The van der Waals surface area contributed by atoms with Crippen LogP contribution in [0.15, 0.2) is 12.1 Å². The lowest BCUT2D eigenvalue weighted by Crippen LogP contribution is -2.08. The molecule has 0 aliphatic heterocycles. The van der Waals surface area contributed by atoms with Crippen LogP contribution in [0.25, 0.3) is 0 Å². The first-order chi connectivity index (χ1) is 7.67. The third-order valence-corrected chi connectivity index (χ3v) is 1.72. The predicted molar refractivity (Wildman–Crippen MR) is 58.0 cm³/mol. The highest BCUT2D eigenvalue weighted by atomic mass is 16.5. The molecule has 0 atom stereocenters. The quantitative estimate of drug-likeness (QED) is 0.745. The third kappa shape index (κ3) is 3.17. The van der Waals surface area contributed by atoms with Gasteiger partial charge in [0.1, 0.15) is 0 Å². The highest BCUT2D eigenvalue weighted by Crippen LogP contribution is 2.18. The number of carbonyl (C=O) groups is 1. The molecule has 16 heavy (non-hydrogen) atoms. The molecule has 1 rings (SSSR count). The average Bonchev–Trinajstić information content (AvgIpc) is 2.29. The number of methoxy groups -OCH3 is 2. The van der Waals surface area contributed by atoms with E-state index in [2.05, 4.69) is 16.8 Å². The first-order valence-electron chi connectivity index (χ1n) is 4.53. The molecule has 5 nitrogen and oxygen atoms in total. The van der Waals surface area contributed by atoms with Crippen LogP contribution in [0.5, 0.6) is 11.8 Å². The SMILES string of the molecule is COc1ccc(C#CCC(N)=O)c(OC)n1. The molecule has 1 aromatic rings. The number of nitrogens with zero attached hydrogens (tertiary/aromatic N) is 1. The maximum atomic E-state index is 10.5. The Labute approximate surface area is 93.6 Å². The minimum absolute atomic E-state index is 0.00911. The van der Waals surface area contributed by atoms with Gasteiger partial charge >= 0.3 is 0 Å². The Bertz CT molecular complexity index is 446. The molecular weight excluding hydrogens is 208 g/mol. The number of hydrogen-bond acceptors (Lipinski definition) is 4. The van der Waals surface area contributed by atoms with E-state index in [1.807, 2.05) is 0 Å². The normalized spacial score (nSPS) is 8.88. The summed E-state index contributed by atoms with van der Waals surface area (Å²) in [5.74, 6) is 5.72. The second kappa shape index (κ2) is 5.61. The van der Waals surface area contributed by atoms with Crippen LogP contribution < -0.4 is 15.2 Å². The molecule has 0 spiro atoms. The average molecular weight is 220 g/mol. The highest BCUT2D eigenvalue weighted by molar-refractivity contribution is 5.76. The molecule has 1 amide bonds. The zero-order valence-corrected chi connectivity index (χ0v) is 9.11. The van der Waals surface area contributed by atoms with Crippen molar-refractivity contribution < 1.29 is 14.3 Å². The second-order valence-corrected chi connectivity index (χ2v) is 2.86. The summed E-state index contributed by atoms with van der Waals surface area (Å²) in [6, 6.07) is 3.37. The molecular formula is C11H12N2O3. The summed E-state index contributed by atoms with van der Waals surface area (Å²) < 4.78 is 9.98. The Balaban J connectivity index is 2.94. The summed E-state index contributed by atoms with van der Waals surface area (Å²) in [7, 11) is 3.00. The van der Waals surface area contributed by atoms with Crippen molar-refractivity contribution in [3.05, 3.63) is 17.7 Å². The van der Waals surface area contributed by atoms with Gasteiger partial charge in [0.25, 0.3) is 0 Å². The monoisotopic (exact) mass is 220 g/mol.